The van der Waals surface area contributed by atoms with Crippen LogP contribution in [0.5, 0.6) is 0 Å². The van der Waals surface area contributed by atoms with Crippen molar-refractivity contribution in [3.05, 3.63) is 16.5 Å². The van der Waals surface area contributed by atoms with E-state index in [0.717, 1.165) is 24.2 Å². The third-order valence-corrected chi connectivity index (χ3v) is 4.89. The van der Waals surface area contributed by atoms with Gasteiger partial charge in [0.2, 0.25) is 10.0 Å². The lowest BCUT2D eigenvalue weighted by atomic mass is 10.2. The van der Waals surface area contributed by atoms with Gasteiger partial charge >= 0.3 is 5.97 Å². The lowest BCUT2D eigenvalue weighted by Gasteiger charge is -2.03. The summed E-state index contributed by atoms with van der Waals surface area (Å²) < 4.78 is 27.4. The van der Waals surface area contributed by atoms with Crippen LogP contribution in [-0.2, 0) is 14.8 Å². The maximum absolute atomic E-state index is 11.6. The summed E-state index contributed by atoms with van der Waals surface area (Å²) in [6.07, 6.45) is 1.72. The molecule has 0 radical (unpaired) electrons. The van der Waals surface area contributed by atoms with Crippen LogP contribution >= 0.6 is 11.3 Å². The van der Waals surface area contributed by atoms with E-state index in [9.17, 15) is 13.2 Å². The number of thiophene rings is 1. The predicted molar refractivity (Wildman–Crippen MR) is 65.6 cm³/mol. The molecule has 0 atom stereocenters. The number of primary sulfonamides is 1. The second-order valence-corrected chi connectivity index (χ2v) is 6.23. The summed E-state index contributed by atoms with van der Waals surface area (Å²) in [6, 6.07) is 0. The van der Waals surface area contributed by atoms with Crippen molar-refractivity contribution in [3.63, 3.8) is 0 Å². The number of hydrogen-bond donors (Lipinski definition) is 1. The lowest BCUT2D eigenvalue weighted by molar-refractivity contribution is 0.0499. The Morgan fingerprint density at radius 3 is 2.65 bits per heavy atom. The van der Waals surface area contributed by atoms with Crippen molar-refractivity contribution in [3.8, 4) is 0 Å². The summed E-state index contributed by atoms with van der Waals surface area (Å²) >= 11 is 0.937. The molecule has 7 heteroatoms. The molecule has 0 aliphatic heterocycles. The van der Waals surface area contributed by atoms with E-state index in [-0.39, 0.29) is 9.77 Å². The number of esters is 1. The molecule has 1 heterocycles. The molecule has 1 aromatic heterocycles. The average molecular weight is 277 g/mol. The Hall–Kier alpha value is -0.920. The van der Waals surface area contributed by atoms with Gasteiger partial charge in [-0.25, -0.2) is 18.4 Å². The standard InChI is InChI=1S/C10H15NO4S2/c1-3-4-5-15-9(12)8-6-16-10(7(8)2)17(11,13)14/h6H,3-5H2,1-2H3,(H2,11,13,14). The average Bonchev–Trinajstić information content (AvgIpc) is 2.59. The molecule has 1 aromatic rings. The topological polar surface area (TPSA) is 86.5 Å². The number of sulfonamides is 1. The molecule has 0 fully saturated rings. The maximum Gasteiger partial charge on any atom is 0.339 e. The van der Waals surface area contributed by atoms with E-state index in [1.165, 1.54) is 5.38 Å². The maximum atomic E-state index is 11.6. The monoisotopic (exact) mass is 277 g/mol. The van der Waals surface area contributed by atoms with E-state index in [1.54, 1.807) is 6.92 Å². The largest absolute Gasteiger partial charge is 0.462 e. The summed E-state index contributed by atoms with van der Waals surface area (Å²) in [7, 11) is -3.76. The first-order valence-corrected chi connectivity index (χ1v) is 7.58. The number of hydrogen-bond acceptors (Lipinski definition) is 5. The molecule has 0 amide bonds. The molecule has 0 saturated heterocycles. The zero-order valence-corrected chi connectivity index (χ0v) is 11.4. The van der Waals surface area contributed by atoms with Crippen LogP contribution in [0.4, 0.5) is 0 Å². The number of ether oxygens (including phenoxy) is 1. The molecule has 0 saturated carbocycles. The van der Waals surface area contributed by atoms with Gasteiger partial charge in [-0.3, -0.25) is 0 Å². The van der Waals surface area contributed by atoms with Crippen LogP contribution < -0.4 is 5.14 Å². The molecular formula is C10H15NO4S2. The fourth-order valence-electron chi connectivity index (χ4n) is 1.27. The minimum Gasteiger partial charge on any atom is -0.462 e. The Kier molecular flexibility index (Phi) is 4.67. The van der Waals surface area contributed by atoms with Crippen LogP contribution in [-0.4, -0.2) is 21.0 Å². The molecule has 1 rings (SSSR count). The minimum atomic E-state index is -3.76. The van der Waals surface area contributed by atoms with Gasteiger partial charge in [-0.1, -0.05) is 13.3 Å². The first kappa shape index (κ1) is 14.1. The Bertz CT molecular complexity index is 504. The number of rotatable bonds is 5. The molecule has 0 unspecified atom stereocenters. The Labute approximate surface area is 105 Å². The third-order valence-electron chi connectivity index (χ3n) is 2.20. The Morgan fingerprint density at radius 2 is 2.18 bits per heavy atom. The summed E-state index contributed by atoms with van der Waals surface area (Å²) in [6.45, 7) is 3.88. The van der Waals surface area contributed by atoms with Crippen molar-refractivity contribution in [1.29, 1.82) is 0 Å². The third kappa shape index (κ3) is 3.52. The zero-order valence-electron chi connectivity index (χ0n) is 9.73. The number of carbonyl (C=O) groups excluding carboxylic acids is 1. The Morgan fingerprint density at radius 1 is 1.53 bits per heavy atom. The highest BCUT2D eigenvalue weighted by Gasteiger charge is 2.21. The predicted octanol–water partition coefficient (Wildman–Crippen LogP) is 1.66. The van der Waals surface area contributed by atoms with E-state index in [0.29, 0.717) is 12.2 Å². The highest BCUT2D eigenvalue weighted by molar-refractivity contribution is 7.91. The molecule has 0 aromatic carbocycles. The number of nitrogens with two attached hydrogens (primary N) is 1. The van der Waals surface area contributed by atoms with Gasteiger partial charge < -0.3 is 4.74 Å². The second-order valence-electron chi connectivity index (χ2n) is 3.60. The molecule has 0 aliphatic rings. The minimum absolute atomic E-state index is 0.0138. The summed E-state index contributed by atoms with van der Waals surface area (Å²) in [5.41, 5.74) is 0.633. The van der Waals surface area contributed by atoms with Gasteiger partial charge in [-0.2, -0.15) is 0 Å². The first-order chi connectivity index (χ1) is 7.88. The van der Waals surface area contributed by atoms with Crippen molar-refractivity contribution < 1.29 is 17.9 Å². The number of carbonyl (C=O) groups is 1. The van der Waals surface area contributed by atoms with Crippen LogP contribution in [0.3, 0.4) is 0 Å². The van der Waals surface area contributed by atoms with E-state index < -0.39 is 16.0 Å². The van der Waals surface area contributed by atoms with Crippen molar-refractivity contribution >= 4 is 27.3 Å². The molecule has 17 heavy (non-hydrogen) atoms. The molecule has 0 bridgehead atoms. The Balaban J connectivity index is 2.87. The quantitative estimate of drug-likeness (QED) is 0.655. The van der Waals surface area contributed by atoms with E-state index in [1.807, 2.05) is 6.92 Å². The van der Waals surface area contributed by atoms with Gasteiger partial charge in [0.1, 0.15) is 4.21 Å². The van der Waals surface area contributed by atoms with E-state index in [4.69, 9.17) is 9.88 Å². The van der Waals surface area contributed by atoms with Gasteiger partial charge in [0, 0.05) is 5.38 Å². The van der Waals surface area contributed by atoms with Crippen LogP contribution in [0.2, 0.25) is 0 Å². The normalized spacial score (nSPS) is 11.5. The van der Waals surface area contributed by atoms with Crippen LogP contribution in [0.1, 0.15) is 35.7 Å². The zero-order chi connectivity index (χ0) is 13.1. The van der Waals surface area contributed by atoms with E-state index in [2.05, 4.69) is 0 Å². The molecule has 0 aliphatic carbocycles. The SMILES string of the molecule is CCCCOC(=O)c1csc(S(N)(=O)=O)c1C. The fraction of sp³-hybridized carbons (Fsp3) is 0.500. The van der Waals surface area contributed by atoms with Crippen LogP contribution in [0.25, 0.3) is 0 Å². The smallest absolute Gasteiger partial charge is 0.339 e. The highest BCUT2D eigenvalue weighted by Crippen LogP contribution is 2.25. The summed E-state index contributed by atoms with van der Waals surface area (Å²) in [5.74, 6) is -0.498. The van der Waals surface area contributed by atoms with Crippen molar-refractivity contribution in [1.82, 2.24) is 0 Å². The number of unbranched alkanes of at least 4 members (excludes halogenated alkanes) is 1. The lowest BCUT2D eigenvalue weighted by Crippen LogP contribution is -2.13. The molecule has 5 nitrogen and oxygen atoms in total. The van der Waals surface area contributed by atoms with Gasteiger partial charge in [0.05, 0.1) is 12.2 Å². The first-order valence-electron chi connectivity index (χ1n) is 5.16. The van der Waals surface area contributed by atoms with Crippen molar-refractivity contribution in [2.45, 2.75) is 30.9 Å². The van der Waals surface area contributed by atoms with Gasteiger partial charge in [0.25, 0.3) is 0 Å². The highest BCUT2D eigenvalue weighted by atomic mass is 32.2. The van der Waals surface area contributed by atoms with Crippen molar-refractivity contribution in [2.24, 2.45) is 5.14 Å². The molecular weight excluding hydrogens is 262 g/mol. The molecule has 0 spiro atoms. The molecule has 2 N–H and O–H groups in total. The van der Waals surface area contributed by atoms with Crippen molar-refractivity contribution in [2.75, 3.05) is 6.61 Å². The second kappa shape index (κ2) is 5.61. The van der Waals surface area contributed by atoms with Gasteiger partial charge in [-0.05, 0) is 18.9 Å². The summed E-state index contributed by atoms with van der Waals surface area (Å²) in [4.78, 5) is 11.6. The van der Waals surface area contributed by atoms with Crippen LogP contribution in [0.15, 0.2) is 9.59 Å². The molecule has 96 valence electrons. The van der Waals surface area contributed by atoms with Gasteiger partial charge in [0.15, 0.2) is 0 Å². The fourth-order valence-corrected chi connectivity index (χ4v) is 3.27. The van der Waals surface area contributed by atoms with E-state index >= 15 is 0 Å². The summed E-state index contributed by atoms with van der Waals surface area (Å²) in [5, 5.41) is 6.48. The van der Waals surface area contributed by atoms with Crippen LogP contribution in [0, 0.1) is 6.92 Å². The van der Waals surface area contributed by atoms with Gasteiger partial charge in [-0.15, -0.1) is 11.3 Å².